The van der Waals surface area contributed by atoms with Crippen LogP contribution in [0.5, 0.6) is 0 Å². The van der Waals surface area contributed by atoms with Crippen LogP contribution in [0.1, 0.15) is 26.7 Å². The van der Waals surface area contributed by atoms with E-state index in [-0.39, 0.29) is 5.41 Å². The fraction of sp³-hybridized carbons (Fsp3) is 0.700. The largest absolute Gasteiger partial charge is 0.374 e. The molecule has 1 aliphatic rings. The van der Waals surface area contributed by atoms with Gasteiger partial charge in [0, 0.05) is 18.8 Å². The molecular formula is C10H16N2. The maximum Gasteiger partial charge on any atom is 0.0762 e. The van der Waals surface area contributed by atoms with Crippen molar-refractivity contribution in [2.24, 2.45) is 5.41 Å². The zero-order chi connectivity index (χ0) is 9.19. The number of rotatable bonds is 2. The molecule has 1 atom stereocenters. The lowest BCUT2D eigenvalue weighted by Crippen LogP contribution is -2.23. The molecule has 1 heterocycles. The molecule has 66 valence electrons. The van der Waals surface area contributed by atoms with Gasteiger partial charge in [0.15, 0.2) is 0 Å². The summed E-state index contributed by atoms with van der Waals surface area (Å²) in [7, 11) is 0. The molecule has 0 saturated carbocycles. The van der Waals surface area contributed by atoms with Crippen LogP contribution in [0.25, 0.3) is 0 Å². The number of nitriles is 1. The van der Waals surface area contributed by atoms with Crippen molar-refractivity contribution in [3.63, 3.8) is 0 Å². The smallest absolute Gasteiger partial charge is 0.0762 e. The maximum absolute atomic E-state index is 9.01. The average Bonchev–Trinajstić information content (AvgIpc) is 2.49. The Bertz CT molecular complexity index is 226. The monoisotopic (exact) mass is 164 g/mol. The molecular weight excluding hydrogens is 148 g/mol. The Balaban J connectivity index is 2.66. The van der Waals surface area contributed by atoms with Crippen LogP contribution >= 0.6 is 0 Å². The Morgan fingerprint density at radius 1 is 1.75 bits per heavy atom. The van der Waals surface area contributed by atoms with Gasteiger partial charge < -0.3 is 4.90 Å². The van der Waals surface area contributed by atoms with E-state index in [0.717, 1.165) is 31.6 Å². The van der Waals surface area contributed by atoms with E-state index in [1.807, 2.05) is 6.92 Å². The van der Waals surface area contributed by atoms with Crippen molar-refractivity contribution in [3.05, 3.63) is 12.3 Å². The minimum atomic E-state index is -0.0983. The highest BCUT2D eigenvalue weighted by Gasteiger charge is 2.36. The van der Waals surface area contributed by atoms with E-state index in [1.165, 1.54) is 0 Å². The zero-order valence-electron chi connectivity index (χ0n) is 7.93. The molecule has 0 aromatic rings. The summed E-state index contributed by atoms with van der Waals surface area (Å²) in [5, 5.41) is 9.01. The topological polar surface area (TPSA) is 27.0 Å². The van der Waals surface area contributed by atoms with Crippen molar-refractivity contribution in [1.82, 2.24) is 4.90 Å². The summed E-state index contributed by atoms with van der Waals surface area (Å²) in [6, 6.07) is 2.43. The molecule has 0 aromatic carbocycles. The van der Waals surface area contributed by atoms with Crippen molar-refractivity contribution in [2.75, 3.05) is 13.1 Å². The Hall–Kier alpha value is -0.970. The molecule has 0 aromatic heterocycles. The van der Waals surface area contributed by atoms with E-state index in [1.54, 1.807) is 0 Å². The summed E-state index contributed by atoms with van der Waals surface area (Å²) in [5.74, 6) is 0. The van der Waals surface area contributed by atoms with Gasteiger partial charge in [-0.1, -0.05) is 13.5 Å². The highest BCUT2D eigenvalue weighted by molar-refractivity contribution is 5.08. The van der Waals surface area contributed by atoms with Crippen LogP contribution in [-0.2, 0) is 0 Å². The molecule has 1 saturated heterocycles. The van der Waals surface area contributed by atoms with Crippen LogP contribution in [0.2, 0.25) is 0 Å². The van der Waals surface area contributed by atoms with Crippen molar-refractivity contribution in [1.29, 1.82) is 5.26 Å². The number of hydrogen-bond acceptors (Lipinski definition) is 2. The number of nitrogens with zero attached hydrogens (tertiary/aromatic N) is 2. The fourth-order valence-corrected chi connectivity index (χ4v) is 1.66. The maximum atomic E-state index is 9.01. The van der Waals surface area contributed by atoms with Gasteiger partial charge in [-0.15, -0.1) is 0 Å². The van der Waals surface area contributed by atoms with Crippen LogP contribution in [0.15, 0.2) is 12.3 Å². The van der Waals surface area contributed by atoms with Crippen molar-refractivity contribution < 1.29 is 0 Å². The van der Waals surface area contributed by atoms with Crippen LogP contribution in [0, 0.1) is 16.7 Å². The van der Waals surface area contributed by atoms with E-state index < -0.39 is 0 Å². The minimum Gasteiger partial charge on any atom is -0.374 e. The van der Waals surface area contributed by atoms with Gasteiger partial charge in [-0.05, 0) is 19.8 Å². The molecule has 0 aliphatic carbocycles. The molecule has 1 fully saturated rings. The van der Waals surface area contributed by atoms with Crippen molar-refractivity contribution in [2.45, 2.75) is 26.7 Å². The summed E-state index contributed by atoms with van der Waals surface area (Å²) < 4.78 is 0. The normalized spacial score (nSPS) is 28.6. The first-order chi connectivity index (χ1) is 5.63. The lowest BCUT2D eigenvalue weighted by molar-refractivity contribution is 0.352. The summed E-state index contributed by atoms with van der Waals surface area (Å²) in [4.78, 5) is 2.20. The van der Waals surface area contributed by atoms with E-state index >= 15 is 0 Å². The lowest BCUT2D eigenvalue weighted by atomic mass is 9.86. The van der Waals surface area contributed by atoms with Crippen LogP contribution in [-0.4, -0.2) is 18.0 Å². The highest BCUT2D eigenvalue weighted by atomic mass is 15.2. The third-order valence-electron chi connectivity index (χ3n) is 2.81. The van der Waals surface area contributed by atoms with Gasteiger partial charge in [-0.25, -0.2) is 0 Å². The Morgan fingerprint density at radius 3 is 2.67 bits per heavy atom. The number of hydrogen-bond donors (Lipinski definition) is 0. The van der Waals surface area contributed by atoms with Gasteiger partial charge in [0.05, 0.1) is 11.5 Å². The molecule has 0 radical (unpaired) electrons. The van der Waals surface area contributed by atoms with Gasteiger partial charge in [0.1, 0.15) is 0 Å². The second kappa shape index (κ2) is 3.18. The molecule has 2 nitrogen and oxygen atoms in total. The van der Waals surface area contributed by atoms with Crippen LogP contribution in [0.3, 0.4) is 0 Å². The third kappa shape index (κ3) is 1.45. The molecule has 2 heteroatoms. The highest BCUT2D eigenvalue weighted by Crippen LogP contribution is 2.34. The Labute approximate surface area is 74.5 Å². The molecule has 0 bridgehead atoms. The molecule has 0 spiro atoms. The van der Waals surface area contributed by atoms with Crippen LogP contribution in [0.4, 0.5) is 0 Å². The predicted molar refractivity (Wildman–Crippen MR) is 49.3 cm³/mol. The van der Waals surface area contributed by atoms with Gasteiger partial charge in [-0.2, -0.15) is 5.26 Å². The lowest BCUT2D eigenvalue weighted by Gasteiger charge is -2.21. The van der Waals surface area contributed by atoms with Crippen molar-refractivity contribution in [3.8, 4) is 6.07 Å². The van der Waals surface area contributed by atoms with Crippen molar-refractivity contribution >= 4 is 0 Å². The summed E-state index contributed by atoms with van der Waals surface area (Å²) in [6.07, 6.45) is 1.94. The second-order valence-corrected chi connectivity index (χ2v) is 3.65. The Kier molecular flexibility index (Phi) is 2.42. The molecule has 1 unspecified atom stereocenters. The minimum absolute atomic E-state index is 0.0983. The average molecular weight is 164 g/mol. The predicted octanol–water partition coefficient (Wildman–Crippen LogP) is 2.15. The first kappa shape index (κ1) is 9.12. The fourth-order valence-electron chi connectivity index (χ4n) is 1.66. The number of allylic oxidation sites excluding steroid dienone is 1. The zero-order valence-corrected chi connectivity index (χ0v) is 7.93. The van der Waals surface area contributed by atoms with Gasteiger partial charge in [0.25, 0.3) is 0 Å². The summed E-state index contributed by atoms with van der Waals surface area (Å²) in [6.45, 7) is 9.85. The van der Waals surface area contributed by atoms with E-state index in [9.17, 15) is 0 Å². The third-order valence-corrected chi connectivity index (χ3v) is 2.81. The SMILES string of the molecule is C=C(C)N1CCC(C#N)(CC)C1. The second-order valence-electron chi connectivity index (χ2n) is 3.65. The van der Waals surface area contributed by atoms with Gasteiger partial charge in [-0.3, -0.25) is 0 Å². The first-order valence-electron chi connectivity index (χ1n) is 4.45. The van der Waals surface area contributed by atoms with E-state index in [2.05, 4.69) is 24.5 Å². The number of likely N-dealkylation sites (tertiary alicyclic amines) is 1. The van der Waals surface area contributed by atoms with E-state index in [4.69, 9.17) is 5.26 Å². The molecule has 1 aliphatic heterocycles. The summed E-state index contributed by atoms with van der Waals surface area (Å²) in [5.41, 5.74) is 0.986. The van der Waals surface area contributed by atoms with E-state index in [0.29, 0.717) is 0 Å². The molecule has 0 amide bonds. The van der Waals surface area contributed by atoms with Gasteiger partial charge in [0.2, 0.25) is 0 Å². The standard InChI is InChI=1S/C10H16N2/c1-4-10(7-11)5-6-12(8-10)9(2)3/h2,4-6,8H2,1,3H3. The summed E-state index contributed by atoms with van der Waals surface area (Å²) >= 11 is 0. The quantitative estimate of drug-likeness (QED) is 0.625. The Morgan fingerprint density at radius 2 is 2.42 bits per heavy atom. The molecule has 0 N–H and O–H groups in total. The van der Waals surface area contributed by atoms with Gasteiger partial charge >= 0.3 is 0 Å². The first-order valence-corrected chi connectivity index (χ1v) is 4.45. The molecule has 1 rings (SSSR count). The van der Waals surface area contributed by atoms with Crippen LogP contribution < -0.4 is 0 Å². The molecule has 12 heavy (non-hydrogen) atoms.